The maximum Gasteiger partial charge on any atom is 0.256 e. The molecule has 1 aliphatic heterocycles. The highest BCUT2D eigenvalue weighted by molar-refractivity contribution is 7.89. The van der Waals surface area contributed by atoms with Crippen LogP contribution in [0.25, 0.3) is 0 Å². The number of rotatable bonds is 6. The zero-order valence-electron chi connectivity index (χ0n) is 17.9. The highest BCUT2D eigenvalue weighted by atomic mass is 32.2. The first-order chi connectivity index (χ1) is 14.0. The number of nitrogens with zero attached hydrogens (tertiary/aromatic N) is 3. The van der Waals surface area contributed by atoms with E-state index in [1.54, 1.807) is 18.5 Å². The fourth-order valence-electron chi connectivity index (χ4n) is 3.41. The molecule has 0 bridgehead atoms. The quantitative estimate of drug-likeness (QED) is 0.726. The molecule has 0 saturated heterocycles. The first-order valence-corrected chi connectivity index (χ1v) is 12.8. The zero-order valence-corrected chi connectivity index (χ0v) is 19.6. The van der Waals surface area contributed by atoms with Crippen molar-refractivity contribution < 1.29 is 17.4 Å². The van der Waals surface area contributed by atoms with Gasteiger partial charge in [-0.1, -0.05) is 13.8 Å². The van der Waals surface area contributed by atoms with Crippen molar-refractivity contribution >= 4 is 32.5 Å². The van der Waals surface area contributed by atoms with Crippen LogP contribution < -0.4 is 5.32 Å². The SMILES string of the molecule is CCN(CC)S(=O)(=O)c1ccc(C(=O)Nc2c3c(nn2C(C)(C)C)C[S@](=O)C3)cc1. The molecule has 0 radical (unpaired) electrons. The highest BCUT2D eigenvalue weighted by Crippen LogP contribution is 2.33. The van der Waals surface area contributed by atoms with E-state index in [0.717, 1.165) is 11.3 Å². The molecule has 1 aliphatic rings. The van der Waals surface area contributed by atoms with Gasteiger partial charge in [0.05, 0.1) is 27.6 Å². The van der Waals surface area contributed by atoms with Gasteiger partial charge in [0.15, 0.2) is 0 Å². The summed E-state index contributed by atoms with van der Waals surface area (Å²) in [6, 6.07) is 5.90. The van der Waals surface area contributed by atoms with Crippen LogP contribution in [-0.4, -0.2) is 45.7 Å². The first kappa shape index (κ1) is 22.6. The number of hydrogen-bond acceptors (Lipinski definition) is 5. The van der Waals surface area contributed by atoms with E-state index in [2.05, 4.69) is 10.4 Å². The summed E-state index contributed by atoms with van der Waals surface area (Å²) in [7, 11) is -4.59. The van der Waals surface area contributed by atoms with Crippen molar-refractivity contribution in [3.05, 3.63) is 41.1 Å². The van der Waals surface area contributed by atoms with E-state index < -0.39 is 20.8 Å². The Bertz CT molecular complexity index is 1080. The fourth-order valence-corrected chi connectivity index (χ4v) is 6.13. The number of nitrogens with one attached hydrogen (secondary N) is 1. The molecule has 3 rings (SSSR count). The molecule has 0 aliphatic carbocycles. The van der Waals surface area contributed by atoms with Crippen LogP contribution in [0.5, 0.6) is 0 Å². The normalized spacial score (nSPS) is 16.7. The van der Waals surface area contributed by atoms with Gasteiger partial charge in [-0.15, -0.1) is 0 Å². The van der Waals surface area contributed by atoms with Crippen molar-refractivity contribution in [2.45, 2.75) is 56.6 Å². The van der Waals surface area contributed by atoms with Crippen LogP contribution in [0.2, 0.25) is 0 Å². The highest BCUT2D eigenvalue weighted by Gasteiger charge is 2.31. The molecule has 1 N–H and O–H groups in total. The van der Waals surface area contributed by atoms with Gasteiger partial charge < -0.3 is 5.32 Å². The summed E-state index contributed by atoms with van der Waals surface area (Å²) < 4.78 is 40.3. The summed E-state index contributed by atoms with van der Waals surface area (Å²) in [6.45, 7) is 10.3. The summed E-state index contributed by atoms with van der Waals surface area (Å²) in [4.78, 5) is 13.0. The van der Waals surface area contributed by atoms with Crippen molar-refractivity contribution in [2.75, 3.05) is 18.4 Å². The minimum Gasteiger partial charge on any atom is -0.306 e. The van der Waals surface area contributed by atoms with E-state index in [4.69, 9.17) is 0 Å². The third-order valence-electron chi connectivity index (χ3n) is 5.00. The molecule has 1 atom stereocenters. The second-order valence-electron chi connectivity index (χ2n) is 8.15. The lowest BCUT2D eigenvalue weighted by molar-refractivity contribution is 0.102. The Morgan fingerprint density at radius 1 is 1.17 bits per heavy atom. The largest absolute Gasteiger partial charge is 0.306 e. The molecule has 1 amide bonds. The van der Waals surface area contributed by atoms with Crippen LogP contribution in [0.3, 0.4) is 0 Å². The molecule has 164 valence electrons. The van der Waals surface area contributed by atoms with Crippen molar-refractivity contribution in [1.29, 1.82) is 0 Å². The third-order valence-corrected chi connectivity index (χ3v) is 8.27. The van der Waals surface area contributed by atoms with Gasteiger partial charge in [-0.25, -0.2) is 13.1 Å². The maximum absolute atomic E-state index is 12.9. The number of hydrogen-bond donors (Lipinski definition) is 1. The van der Waals surface area contributed by atoms with Crippen molar-refractivity contribution in [2.24, 2.45) is 0 Å². The molecule has 10 heteroatoms. The summed E-state index contributed by atoms with van der Waals surface area (Å²) in [5, 5.41) is 7.47. The van der Waals surface area contributed by atoms with Gasteiger partial charge in [0.2, 0.25) is 10.0 Å². The number of aromatic nitrogens is 2. The molecule has 0 saturated carbocycles. The number of carbonyl (C=O) groups excluding carboxylic acids is 1. The van der Waals surface area contributed by atoms with Gasteiger partial charge in [0, 0.05) is 35.0 Å². The Labute approximate surface area is 180 Å². The molecule has 0 unspecified atom stereocenters. The van der Waals surface area contributed by atoms with E-state index in [0.29, 0.717) is 36.0 Å². The Morgan fingerprint density at radius 2 is 1.77 bits per heavy atom. The van der Waals surface area contributed by atoms with Gasteiger partial charge in [0.1, 0.15) is 5.82 Å². The van der Waals surface area contributed by atoms with Crippen molar-refractivity contribution in [1.82, 2.24) is 14.1 Å². The van der Waals surface area contributed by atoms with Gasteiger partial charge in [-0.05, 0) is 45.0 Å². The summed E-state index contributed by atoms with van der Waals surface area (Å²) >= 11 is 0. The molecule has 1 aromatic carbocycles. The molecular formula is C20H28N4O4S2. The van der Waals surface area contributed by atoms with Crippen molar-refractivity contribution in [3.8, 4) is 0 Å². The standard InChI is InChI=1S/C20H28N4O4S2/c1-6-23(7-2)30(27,28)15-10-8-14(9-11-15)19(25)21-18-16-12-29(26)13-17(16)22-24(18)20(3,4)5/h8-11H,6-7,12-13H2,1-5H3,(H,21,25)/t29-/m1/s1. The lowest BCUT2D eigenvalue weighted by Crippen LogP contribution is -2.30. The number of amides is 1. The van der Waals surface area contributed by atoms with Crippen LogP contribution in [0, 0.1) is 0 Å². The van der Waals surface area contributed by atoms with E-state index in [1.807, 2.05) is 20.8 Å². The topological polar surface area (TPSA) is 101 Å². The predicted octanol–water partition coefficient (Wildman–Crippen LogP) is 2.68. The number of sulfonamides is 1. The number of carbonyl (C=O) groups is 1. The predicted molar refractivity (Wildman–Crippen MR) is 117 cm³/mol. The molecule has 30 heavy (non-hydrogen) atoms. The van der Waals surface area contributed by atoms with Crippen LogP contribution in [-0.2, 0) is 37.9 Å². The molecule has 0 fully saturated rings. The maximum atomic E-state index is 12.9. The Hall–Kier alpha value is -2.04. The average molecular weight is 453 g/mol. The van der Waals surface area contributed by atoms with Gasteiger partial charge in [0.25, 0.3) is 5.91 Å². The average Bonchev–Trinajstić information content (AvgIpc) is 3.19. The van der Waals surface area contributed by atoms with Crippen LogP contribution in [0.15, 0.2) is 29.2 Å². The van der Waals surface area contributed by atoms with Crippen molar-refractivity contribution in [3.63, 3.8) is 0 Å². The van der Waals surface area contributed by atoms with E-state index in [1.165, 1.54) is 28.6 Å². The number of fused-ring (bicyclic) bond motifs is 1. The Kier molecular flexibility index (Phi) is 6.22. The smallest absolute Gasteiger partial charge is 0.256 e. The Balaban J connectivity index is 1.89. The molecule has 8 nitrogen and oxygen atoms in total. The molecular weight excluding hydrogens is 424 g/mol. The summed E-state index contributed by atoms with van der Waals surface area (Å²) in [6.07, 6.45) is 0. The third kappa shape index (κ3) is 4.21. The minimum atomic E-state index is -3.58. The zero-order chi connectivity index (χ0) is 22.3. The van der Waals surface area contributed by atoms with Gasteiger partial charge >= 0.3 is 0 Å². The lowest BCUT2D eigenvalue weighted by Gasteiger charge is -2.23. The Morgan fingerprint density at radius 3 is 2.30 bits per heavy atom. The first-order valence-electron chi connectivity index (χ1n) is 9.86. The lowest BCUT2D eigenvalue weighted by atomic mass is 10.1. The molecule has 2 heterocycles. The molecule has 1 aromatic heterocycles. The van der Waals surface area contributed by atoms with Crippen LogP contribution in [0.4, 0.5) is 5.82 Å². The second-order valence-corrected chi connectivity index (χ2v) is 11.5. The summed E-state index contributed by atoms with van der Waals surface area (Å²) in [5.74, 6) is 0.933. The summed E-state index contributed by atoms with van der Waals surface area (Å²) in [5.41, 5.74) is 1.52. The molecule has 2 aromatic rings. The van der Waals surface area contributed by atoms with Gasteiger partial charge in [-0.3, -0.25) is 9.00 Å². The second kappa shape index (κ2) is 8.24. The van der Waals surface area contributed by atoms with E-state index in [9.17, 15) is 17.4 Å². The fraction of sp³-hybridized carbons (Fsp3) is 0.500. The minimum absolute atomic E-state index is 0.152. The number of benzene rings is 1. The van der Waals surface area contributed by atoms with Crippen LogP contribution >= 0.6 is 0 Å². The van der Waals surface area contributed by atoms with E-state index >= 15 is 0 Å². The van der Waals surface area contributed by atoms with Crippen LogP contribution in [0.1, 0.15) is 56.2 Å². The number of anilines is 1. The molecule has 0 spiro atoms. The van der Waals surface area contributed by atoms with E-state index in [-0.39, 0.29) is 16.3 Å². The monoisotopic (exact) mass is 452 g/mol. The van der Waals surface area contributed by atoms with Gasteiger partial charge in [-0.2, -0.15) is 9.40 Å².